The Morgan fingerprint density at radius 2 is 1.92 bits per heavy atom. The topological polar surface area (TPSA) is 66.4 Å². The maximum atomic E-state index is 13.2. The molecule has 0 saturated heterocycles. The third-order valence-electron chi connectivity index (χ3n) is 3.72. The average molecular weight is 355 g/mol. The SMILES string of the molecule is CC(=CC(=O)Nc1ccc(F)cc1C(=O)O)c1csc2ccccc12. The second kappa shape index (κ2) is 6.86. The van der Waals surface area contributed by atoms with Gasteiger partial charge in [0.1, 0.15) is 5.82 Å². The van der Waals surface area contributed by atoms with Crippen LogP contribution in [0, 0.1) is 5.82 Å². The number of carboxylic acids is 1. The van der Waals surface area contributed by atoms with Gasteiger partial charge >= 0.3 is 5.97 Å². The van der Waals surface area contributed by atoms with Gasteiger partial charge in [0.05, 0.1) is 11.3 Å². The molecule has 4 nitrogen and oxygen atoms in total. The third kappa shape index (κ3) is 3.59. The number of benzene rings is 2. The Hall–Kier alpha value is -2.99. The molecule has 1 aromatic heterocycles. The lowest BCUT2D eigenvalue weighted by Gasteiger charge is -2.07. The quantitative estimate of drug-likeness (QED) is 0.662. The summed E-state index contributed by atoms with van der Waals surface area (Å²) in [7, 11) is 0. The van der Waals surface area contributed by atoms with Crippen molar-refractivity contribution < 1.29 is 19.1 Å². The summed E-state index contributed by atoms with van der Waals surface area (Å²) in [6, 6.07) is 11.1. The zero-order valence-electron chi connectivity index (χ0n) is 13.2. The molecular weight excluding hydrogens is 341 g/mol. The predicted octanol–water partition coefficient (Wildman–Crippen LogP) is 4.78. The Kier molecular flexibility index (Phi) is 4.63. The number of thiophene rings is 1. The van der Waals surface area contributed by atoms with Crippen molar-refractivity contribution in [2.24, 2.45) is 0 Å². The molecule has 3 rings (SSSR count). The molecule has 0 aliphatic carbocycles. The number of aromatic carboxylic acids is 1. The number of amides is 1. The number of carbonyl (C=O) groups excluding carboxylic acids is 1. The normalized spacial score (nSPS) is 11.5. The minimum Gasteiger partial charge on any atom is -0.478 e. The van der Waals surface area contributed by atoms with E-state index in [1.165, 1.54) is 12.1 Å². The smallest absolute Gasteiger partial charge is 0.337 e. The highest BCUT2D eigenvalue weighted by molar-refractivity contribution is 7.17. The summed E-state index contributed by atoms with van der Waals surface area (Å²) in [4.78, 5) is 23.4. The first-order valence-corrected chi connectivity index (χ1v) is 8.32. The number of anilines is 1. The molecule has 0 fully saturated rings. The highest BCUT2D eigenvalue weighted by Crippen LogP contribution is 2.30. The molecule has 1 heterocycles. The van der Waals surface area contributed by atoms with E-state index in [2.05, 4.69) is 5.32 Å². The fraction of sp³-hybridized carbons (Fsp3) is 0.0526. The van der Waals surface area contributed by atoms with Crippen LogP contribution in [0.25, 0.3) is 15.7 Å². The van der Waals surface area contributed by atoms with Gasteiger partial charge in [-0.2, -0.15) is 0 Å². The minimum atomic E-state index is -1.31. The Balaban J connectivity index is 1.87. The second-order valence-corrected chi connectivity index (χ2v) is 6.37. The van der Waals surface area contributed by atoms with Gasteiger partial charge < -0.3 is 10.4 Å². The zero-order valence-corrected chi connectivity index (χ0v) is 14.1. The summed E-state index contributed by atoms with van der Waals surface area (Å²) in [5.74, 6) is -2.45. The molecule has 2 N–H and O–H groups in total. The van der Waals surface area contributed by atoms with Gasteiger partial charge in [-0.1, -0.05) is 18.2 Å². The molecule has 0 bridgehead atoms. The molecule has 6 heteroatoms. The van der Waals surface area contributed by atoms with Crippen LogP contribution in [-0.2, 0) is 4.79 Å². The molecule has 0 atom stereocenters. The van der Waals surface area contributed by atoms with Crippen molar-refractivity contribution in [2.75, 3.05) is 5.32 Å². The van der Waals surface area contributed by atoms with Crippen LogP contribution in [0.1, 0.15) is 22.8 Å². The number of hydrogen-bond donors (Lipinski definition) is 2. The summed E-state index contributed by atoms with van der Waals surface area (Å²) < 4.78 is 14.3. The zero-order chi connectivity index (χ0) is 18.0. The molecule has 3 aromatic rings. The van der Waals surface area contributed by atoms with Gasteiger partial charge in [0.25, 0.3) is 0 Å². The summed E-state index contributed by atoms with van der Waals surface area (Å²) in [5, 5.41) is 14.7. The second-order valence-electron chi connectivity index (χ2n) is 5.46. The number of allylic oxidation sites excluding steroid dienone is 1. The van der Waals surface area contributed by atoms with E-state index < -0.39 is 17.7 Å². The van der Waals surface area contributed by atoms with Crippen LogP contribution in [0.2, 0.25) is 0 Å². The van der Waals surface area contributed by atoms with Gasteiger partial charge in [-0.15, -0.1) is 11.3 Å². The van der Waals surface area contributed by atoms with Crippen molar-refractivity contribution in [3.05, 3.63) is 70.9 Å². The van der Waals surface area contributed by atoms with Crippen LogP contribution in [0.4, 0.5) is 10.1 Å². The number of carbonyl (C=O) groups is 2. The first kappa shape index (κ1) is 16.9. The van der Waals surface area contributed by atoms with Crippen molar-refractivity contribution in [3.8, 4) is 0 Å². The number of hydrogen-bond acceptors (Lipinski definition) is 3. The summed E-state index contributed by atoms with van der Waals surface area (Å²) in [6.45, 7) is 1.82. The van der Waals surface area contributed by atoms with E-state index in [-0.39, 0.29) is 11.3 Å². The molecule has 0 spiro atoms. The lowest BCUT2D eigenvalue weighted by Crippen LogP contribution is -2.12. The minimum absolute atomic E-state index is 0.0538. The summed E-state index contributed by atoms with van der Waals surface area (Å²) in [5.41, 5.74) is 1.47. The Morgan fingerprint density at radius 1 is 1.16 bits per heavy atom. The number of carboxylic acid groups (broad SMARTS) is 1. The third-order valence-corrected chi connectivity index (χ3v) is 4.69. The van der Waals surface area contributed by atoms with E-state index in [0.29, 0.717) is 0 Å². The molecule has 0 aliphatic heterocycles. The van der Waals surface area contributed by atoms with Crippen molar-refractivity contribution in [3.63, 3.8) is 0 Å². The van der Waals surface area contributed by atoms with Crippen molar-refractivity contribution in [1.82, 2.24) is 0 Å². The fourth-order valence-corrected chi connectivity index (χ4v) is 3.55. The van der Waals surface area contributed by atoms with Gasteiger partial charge in [-0.3, -0.25) is 4.79 Å². The fourth-order valence-electron chi connectivity index (χ4n) is 2.53. The molecule has 2 aromatic carbocycles. The lowest BCUT2D eigenvalue weighted by molar-refractivity contribution is -0.111. The monoisotopic (exact) mass is 355 g/mol. The van der Waals surface area contributed by atoms with Crippen molar-refractivity contribution in [2.45, 2.75) is 6.92 Å². The number of nitrogens with one attached hydrogen (secondary N) is 1. The van der Waals surface area contributed by atoms with Crippen LogP contribution < -0.4 is 5.32 Å². The van der Waals surface area contributed by atoms with Crippen LogP contribution in [0.5, 0.6) is 0 Å². The van der Waals surface area contributed by atoms with E-state index in [1.807, 2.05) is 36.6 Å². The van der Waals surface area contributed by atoms with Crippen LogP contribution in [0.3, 0.4) is 0 Å². The van der Waals surface area contributed by atoms with Crippen molar-refractivity contribution >= 4 is 44.6 Å². The lowest BCUT2D eigenvalue weighted by atomic mass is 10.1. The van der Waals surface area contributed by atoms with Crippen molar-refractivity contribution in [1.29, 1.82) is 0 Å². The number of rotatable bonds is 4. The molecule has 0 aliphatic rings. The summed E-state index contributed by atoms with van der Waals surface area (Å²) >= 11 is 1.59. The number of halogens is 1. The predicted molar refractivity (Wildman–Crippen MR) is 97.5 cm³/mol. The van der Waals surface area contributed by atoms with Crippen LogP contribution >= 0.6 is 11.3 Å². The highest BCUT2D eigenvalue weighted by Gasteiger charge is 2.13. The van der Waals surface area contributed by atoms with E-state index in [4.69, 9.17) is 5.11 Å². The molecule has 0 saturated carbocycles. The van der Waals surface area contributed by atoms with Crippen LogP contribution in [0.15, 0.2) is 53.9 Å². The molecular formula is C19H14FNO3S. The Bertz CT molecular complexity index is 1010. The first-order valence-electron chi connectivity index (χ1n) is 7.44. The number of fused-ring (bicyclic) bond motifs is 1. The van der Waals surface area contributed by atoms with E-state index >= 15 is 0 Å². The highest BCUT2D eigenvalue weighted by atomic mass is 32.1. The molecule has 1 amide bonds. The van der Waals surface area contributed by atoms with Crippen LogP contribution in [-0.4, -0.2) is 17.0 Å². The van der Waals surface area contributed by atoms with E-state index in [0.717, 1.165) is 33.4 Å². The molecule has 0 unspecified atom stereocenters. The standard InChI is InChI=1S/C19H14FNO3S/c1-11(15-10-25-17-5-3-2-4-13(15)17)8-18(22)21-16-7-6-12(20)9-14(16)19(23)24/h2-10H,1H3,(H,21,22)(H,23,24). The molecule has 0 radical (unpaired) electrons. The Morgan fingerprint density at radius 3 is 2.68 bits per heavy atom. The molecule has 126 valence electrons. The van der Waals surface area contributed by atoms with E-state index in [1.54, 1.807) is 11.3 Å². The van der Waals surface area contributed by atoms with E-state index in [9.17, 15) is 14.0 Å². The van der Waals surface area contributed by atoms with Gasteiger partial charge in [0.2, 0.25) is 5.91 Å². The first-order chi connectivity index (χ1) is 12.0. The van der Waals surface area contributed by atoms with Gasteiger partial charge in [-0.05, 0) is 53.1 Å². The van der Waals surface area contributed by atoms with Gasteiger partial charge in [0, 0.05) is 10.8 Å². The maximum absolute atomic E-state index is 13.2. The van der Waals surface area contributed by atoms with Gasteiger partial charge in [0.15, 0.2) is 0 Å². The maximum Gasteiger partial charge on any atom is 0.337 e. The summed E-state index contributed by atoms with van der Waals surface area (Å²) in [6.07, 6.45) is 1.41. The molecule has 25 heavy (non-hydrogen) atoms. The largest absolute Gasteiger partial charge is 0.478 e. The van der Waals surface area contributed by atoms with Gasteiger partial charge in [-0.25, -0.2) is 9.18 Å². The Labute approximate surface area is 147 Å². The average Bonchev–Trinajstić information content (AvgIpc) is 3.00.